The van der Waals surface area contributed by atoms with Crippen molar-refractivity contribution in [1.82, 2.24) is 14.8 Å². The maximum absolute atomic E-state index is 13.1. The average Bonchev–Trinajstić information content (AvgIpc) is 3.45. The number of pyridine rings is 1. The van der Waals surface area contributed by atoms with Gasteiger partial charge in [0.1, 0.15) is 0 Å². The fourth-order valence-corrected chi connectivity index (χ4v) is 4.98. The van der Waals surface area contributed by atoms with Gasteiger partial charge in [-0.15, -0.1) is 11.3 Å². The van der Waals surface area contributed by atoms with Crippen LogP contribution >= 0.6 is 22.9 Å². The van der Waals surface area contributed by atoms with Crippen molar-refractivity contribution >= 4 is 46.4 Å². The zero-order valence-corrected chi connectivity index (χ0v) is 20.1. The summed E-state index contributed by atoms with van der Waals surface area (Å²) < 4.78 is 2.00. The summed E-state index contributed by atoms with van der Waals surface area (Å²) in [6.07, 6.45) is 1.88. The van der Waals surface area contributed by atoms with Crippen LogP contribution in [0.4, 0.5) is 5.69 Å². The van der Waals surface area contributed by atoms with Crippen LogP contribution in [-0.4, -0.2) is 57.5 Å². The van der Waals surface area contributed by atoms with Crippen molar-refractivity contribution in [3.63, 3.8) is 0 Å². The summed E-state index contributed by atoms with van der Waals surface area (Å²) in [6, 6.07) is 14.1. The molecule has 3 N–H and O–H groups in total. The number of amides is 2. The fraction of sp³-hybridized carbons (Fsp3) is 0.250. The smallest absolute Gasteiger partial charge is 0.304 e. The lowest BCUT2D eigenvalue weighted by Crippen LogP contribution is -2.40. The first kappa shape index (κ1) is 24.6. The second kappa shape index (κ2) is 10.9. The number of benzene rings is 1. The minimum Gasteiger partial charge on any atom is -0.481 e. The van der Waals surface area contributed by atoms with Crippen LogP contribution in [0.2, 0.25) is 4.34 Å². The lowest BCUT2D eigenvalue weighted by atomic mass is 10.1. The molecule has 9 nitrogen and oxygen atoms in total. The van der Waals surface area contributed by atoms with Crippen LogP contribution in [-0.2, 0) is 9.59 Å². The number of likely N-dealkylation sites (tertiary alicyclic amines) is 1. The van der Waals surface area contributed by atoms with E-state index >= 15 is 0 Å². The van der Waals surface area contributed by atoms with E-state index in [1.807, 2.05) is 0 Å². The molecule has 1 aromatic carbocycles. The number of nitrogens with one attached hydrogen (secondary N) is 2. The standard InChI is InChI=1S/C24H23ClN4O5S/c25-20-9-8-19(35-20)24(34)27-16-13-18(28(14-16)12-10-22(31)32)23(33)26-15-4-6-17(7-5-15)29-11-2-1-3-21(29)30/h1-9,11,16,18H,10,12-14H2,(H,26,33)(H,27,34)(H,31,32)/t16?,18-/m0/s1. The molecule has 0 saturated carbocycles. The van der Waals surface area contributed by atoms with Crippen LogP contribution in [0, 0.1) is 0 Å². The first-order chi connectivity index (χ1) is 16.8. The zero-order valence-electron chi connectivity index (χ0n) is 18.5. The number of thiophene rings is 1. The van der Waals surface area contributed by atoms with Crippen LogP contribution in [0.15, 0.2) is 65.6 Å². The van der Waals surface area contributed by atoms with E-state index in [0.717, 1.165) is 11.3 Å². The summed E-state index contributed by atoms with van der Waals surface area (Å²) in [6.45, 7) is 0.534. The highest BCUT2D eigenvalue weighted by molar-refractivity contribution is 7.18. The Balaban J connectivity index is 1.43. The highest BCUT2D eigenvalue weighted by Gasteiger charge is 2.37. The van der Waals surface area contributed by atoms with E-state index in [4.69, 9.17) is 16.7 Å². The van der Waals surface area contributed by atoms with Gasteiger partial charge in [-0.05, 0) is 48.9 Å². The van der Waals surface area contributed by atoms with E-state index < -0.39 is 12.0 Å². The van der Waals surface area contributed by atoms with Gasteiger partial charge >= 0.3 is 5.97 Å². The molecule has 2 aromatic heterocycles. The van der Waals surface area contributed by atoms with Gasteiger partial charge < -0.3 is 15.7 Å². The van der Waals surface area contributed by atoms with Crippen molar-refractivity contribution in [1.29, 1.82) is 0 Å². The Morgan fingerprint density at radius 3 is 2.51 bits per heavy atom. The molecule has 2 amide bonds. The molecule has 1 fully saturated rings. The number of aromatic nitrogens is 1. The maximum Gasteiger partial charge on any atom is 0.304 e. The quantitative estimate of drug-likeness (QED) is 0.425. The Morgan fingerprint density at radius 2 is 1.86 bits per heavy atom. The molecule has 2 atom stereocenters. The SMILES string of the molecule is O=C(O)CCN1CC(NC(=O)c2ccc(Cl)s2)C[C@H]1C(=O)Nc1ccc(-n2ccccc2=O)cc1. The highest BCUT2D eigenvalue weighted by Crippen LogP contribution is 2.24. The molecule has 1 aliphatic heterocycles. The molecular weight excluding hydrogens is 492 g/mol. The Bertz CT molecular complexity index is 1290. The van der Waals surface area contributed by atoms with Crippen molar-refractivity contribution in [2.75, 3.05) is 18.4 Å². The van der Waals surface area contributed by atoms with Crippen LogP contribution in [0.5, 0.6) is 0 Å². The summed E-state index contributed by atoms with van der Waals surface area (Å²) in [5, 5.41) is 14.9. The number of carbonyl (C=O) groups is 3. The van der Waals surface area contributed by atoms with Gasteiger partial charge in [0.15, 0.2) is 0 Å². The molecular formula is C24H23ClN4O5S. The predicted molar refractivity (Wildman–Crippen MR) is 133 cm³/mol. The molecule has 3 aromatic rings. The summed E-state index contributed by atoms with van der Waals surface area (Å²) in [5.41, 5.74) is 1.04. The van der Waals surface area contributed by atoms with Gasteiger partial charge in [0.05, 0.1) is 21.7 Å². The van der Waals surface area contributed by atoms with Crippen molar-refractivity contribution in [2.24, 2.45) is 0 Å². The first-order valence-electron chi connectivity index (χ1n) is 10.9. The second-order valence-corrected chi connectivity index (χ2v) is 9.82. The minimum absolute atomic E-state index is 0.120. The molecule has 3 heterocycles. The molecule has 0 bridgehead atoms. The summed E-state index contributed by atoms with van der Waals surface area (Å²) in [7, 11) is 0. The number of nitrogens with zero attached hydrogens (tertiary/aromatic N) is 2. The number of carbonyl (C=O) groups excluding carboxylic acids is 2. The van der Waals surface area contributed by atoms with Crippen molar-refractivity contribution in [3.8, 4) is 5.69 Å². The number of carboxylic acid groups (broad SMARTS) is 1. The van der Waals surface area contributed by atoms with Crippen LogP contribution in [0.3, 0.4) is 0 Å². The van der Waals surface area contributed by atoms with Crippen molar-refractivity contribution in [2.45, 2.75) is 24.9 Å². The summed E-state index contributed by atoms with van der Waals surface area (Å²) in [5.74, 6) is -1.54. The molecule has 4 rings (SSSR count). The monoisotopic (exact) mass is 514 g/mol. The third-order valence-corrected chi connectivity index (χ3v) is 6.92. The molecule has 1 aliphatic rings. The fourth-order valence-electron chi connectivity index (χ4n) is 4.03. The minimum atomic E-state index is -0.961. The molecule has 0 radical (unpaired) electrons. The van der Waals surface area contributed by atoms with Crippen LogP contribution < -0.4 is 16.2 Å². The maximum atomic E-state index is 13.1. The summed E-state index contributed by atoms with van der Waals surface area (Å²) >= 11 is 7.08. The van der Waals surface area contributed by atoms with E-state index in [1.54, 1.807) is 59.6 Å². The number of carboxylic acids is 1. The third-order valence-electron chi connectivity index (χ3n) is 5.69. The number of halogens is 1. The van der Waals surface area contributed by atoms with E-state index in [1.165, 1.54) is 10.6 Å². The molecule has 1 saturated heterocycles. The van der Waals surface area contributed by atoms with E-state index in [0.29, 0.717) is 33.6 Å². The third kappa shape index (κ3) is 6.16. The molecule has 1 unspecified atom stereocenters. The van der Waals surface area contributed by atoms with E-state index in [2.05, 4.69) is 10.6 Å². The molecule has 35 heavy (non-hydrogen) atoms. The Morgan fingerprint density at radius 1 is 1.09 bits per heavy atom. The number of rotatable bonds is 8. The summed E-state index contributed by atoms with van der Waals surface area (Å²) in [4.78, 5) is 51.0. The van der Waals surface area contributed by atoms with Gasteiger partial charge in [0.2, 0.25) is 5.91 Å². The van der Waals surface area contributed by atoms with Gasteiger partial charge in [-0.3, -0.25) is 28.6 Å². The van der Waals surface area contributed by atoms with Gasteiger partial charge in [-0.25, -0.2) is 0 Å². The molecule has 0 aliphatic carbocycles. The molecule has 0 spiro atoms. The lowest BCUT2D eigenvalue weighted by Gasteiger charge is -2.22. The van der Waals surface area contributed by atoms with E-state index in [9.17, 15) is 19.2 Å². The number of hydrogen-bond donors (Lipinski definition) is 3. The Labute approximate surface area is 209 Å². The average molecular weight is 515 g/mol. The molecule has 182 valence electrons. The van der Waals surface area contributed by atoms with Gasteiger partial charge in [0, 0.05) is 42.8 Å². The number of anilines is 1. The number of aliphatic carboxylic acids is 1. The first-order valence-corrected chi connectivity index (χ1v) is 12.1. The lowest BCUT2D eigenvalue weighted by molar-refractivity contribution is -0.137. The van der Waals surface area contributed by atoms with Crippen molar-refractivity contribution in [3.05, 3.63) is 80.4 Å². The highest BCUT2D eigenvalue weighted by atomic mass is 35.5. The number of hydrogen-bond acceptors (Lipinski definition) is 6. The van der Waals surface area contributed by atoms with Crippen LogP contribution in [0.1, 0.15) is 22.5 Å². The largest absolute Gasteiger partial charge is 0.481 e. The van der Waals surface area contributed by atoms with Gasteiger partial charge in [0.25, 0.3) is 11.5 Å². The predicted octanol–water partition coefficient (Wildman–Crippen LogP) is 2.84. The second-order valence-electron chi connectivity index (χ2n) is 8.11. The molecule has 11 heteroatoms. The zero-order chi connectivity index (χ0) is 24.9. The van der Waals surface area contributed by atoms with E-state index in [-0.39, 0.29) is 36.4 Å². The normalized spacial score (nSPS) is 17.7. The Kier molecular flexibility index (Phi) is 7.64. The van der Waals surface area contributed by atoms with Gasteiger partial charge in [-0.1, -0.05) is 17.7 Å². The topological polar surface area (TPSA) is 121 Å². The van der Waals surface area contributed by atoms with Crippen LogP contribution in [0.25, 0.3) is 5.69 Å². The van der Waals surface area contributed by atoms with Gasteiger partial charge in [-0.2, -0.15) is 0 Å². The van der Waals surface area contributed by atoms with Crippen molar-refractivity contribution < 1.29 is 19.5 Å². The Hall–Kier alpha value is -3.47.